The molecule has 0 heterocycles. The number of aliphatic hydroxyl groups excluding tert-OH is 1. The first kappa shape index (κ1) is 20.4. The molecule has 0 radical (unpaired) electrons. The zero-order valence-electron chi connectivity index (χ0n) is 13.1. The molecule has 0 aromatic carbocycles. The average molecular weight is 324 g/mol. The highest BCUT2D eigenvalue weighted by atomic mass is 19.1. The van der Waals surface area contributed by atoms with Crippen LogP contribution in [0.1, 0.15) is 20.8 Å². The minimum atomic E-state index is -2.84. The van der Waals surface area contributed by atoms with Gasteiger partial charge in [-0.25, -0.2) is 4.39 Å². The number of amides is 2. The molecule has 0 rings (SSSR count). The molecule has 22 heavy (non-hydrogen) atoms. The number of carbonyl (C=O) groups is 2. The smallest absolute Gasteiger partial charge is 0.281 e. The summed E-state index contributed by atoms with van der Waals surface area (Å²) in [7, 11) is 2.29. The Hall–Kier alpha value is -1.58. The van der Waals surface area contributed by atoms with E-state index in [0.717, 1.165) is 21.1 Å². The Morgan fingerprint density at radius 2 is 1.91 bits per heavy atom. The molecule has 3 atom stereocenters. The summed E-state index contributed by atoms with van der Waals surface area (Å²) in [6.45, 7) is 3.33. The lowest BCUT2D eigenvalue weighted by atomic mass is 9.91. The molecule has 9 heteroatoms. The molecule has 7 nitrogen and oxygen atoms in total. The van der Waals surface area contributed by atoms with Gasteiger partial charge < -0.3 is 20.3 Å². The summed E-state index contributed by atoms with van der Waals surface area (Å²) in [6.07, 6.45) is -3.22. The van der Waals surface area contributed by atoms with Gasteiger partial charge in [0.25, 0.3) is 5.91 Å². The van der Waals surface area contributed by atoms with Gasteiger partial charge in [0, 0.05) is 14.2 Å². The average Bonchev–Trinajstić information content (AvgIpc) is 2.42. The lowest BCUT2D eigenvalue weighted by Gasteiger charge is -2.40. The van der Waals surface area contributed by atoms with Crippen molar-refractivity contribution in [1.29, 1.82) is 0 Å². The normalized spacial score (nSPS) is 18.1. The van der Waals surface area contributed by atoms with Crippen molar-refractivity contribution in [3.05, 3.63) is 12.0 Å². The summed E-state index contributed by atoms with van der Waals surface area (Å²) in [4.78, 5) is 22.2. The third-order valence-corrected chi connectivity index (χ3v) is 3.09. The minimum Gasteiger partial charge on any atom is -0.388 e. The van der Waals surface area contributed by atoms with Gasteiger partial charge in [0.15, 0.2) is 0 Å². The maximum absolute atomic E-state index is 14.8. The number of aliphatic hydroxyl groups is 2. The van der Waals surface area contributed by atoms with Crippen LogP contribution in [0.3, 0.4) is 0 Å². The summed E-state index contributed by atoms with van der Waals surface area (Å²) in [5, 5.41) is 21.9. The summed E-state index contributed by atoms with van der Waals surface area (Å²) in [5.41, 5.74) is -1.64. The number of hydrogen-bond donors (Lipinski definition) is 3. The number of carbonyl (C=O) groups excluding carboxylic acids is 2. The van der Waals surface area contributed by atoms with Crippen LogP contribution in [0.4, 0.5) is 8.78 Å². The number of likely N-dealkylation sites (N-methyl/N-ethyl adjacent to an activating group) is 1. The van der Waals surface area contributed by atoms with Gasteiger partial charge in [0.1, 0.15) is 12.2 Å². The molecule has 3 unspecified atom stereocenters. The largest absolute Gasteiger partial charge is 0.388 e. The Labute approximate surface area is 127 Å². The second-order valence-corrected chi connectivity index (χ2v) is 5.35. The van der Waals surface area contributed by atoms with E-state index >= 15 is 0 Å². The van der Waals surface area contributed by atoms with Gasteiger partial charge in [0.2, 0.25) is 18.0 Å². The maximum Gasteiger partial charge on any atom is 0.281 e. The fraction of sp³-hybridized carbons (Fsp3) is 0.692. The number of rotatable bonds is 8. The highest BCUT2D eigenvalue weighted by molar-refractivity contribution is 5.91. The van der Waals surface area contributed by atoms with Crippen molar-refractivity contribution in [2.75, 3.05) is 14.2 Å². The van der Waals surface area contributed by atoms with E-state index in [-0.39, 0.29) is 11.3 Å². The second-order valence-electron chi connectivity index (χ2n) is 5.35. The van der Waals surface area contributed by atoms with E-state index in [1.165, 1.54) is 13.8 Å². The third kappa shape index (κ3) is 4.72. The molecule has 0 saturated heterocycles. The Balaban J connectivity index is 5.56. The fourth-order valence-corrected chi connectivity index (χ4v) is 1.79. The van der Waals surface area contributed by atoms with Gasteiger partial charge in [-0.15, -0.1) is 0 Å². The number of methoxy groups -OCH3 is 1. The van der Waals surface area contributed by atoms with E-state index in [1.807, 2.05) is 5.32 Å². The fourth-order valence-electron chi connectivity index (χ4n) is 1.79. The Morgan fingerprint density at radius 3 is 2.23 bits per heavy atom. The summed E-state index contributed by atoms with van der Waals surface area (Å²) < 4.78 is 33.1. The topological polar surface area (TPSA) is 99.1 Å². The highest BCUT2D eigenvalue weighted by Crippen LogP contribution is 2.29. The van der Waals surface area contributed by atoms with Crippen molar-refractivity contribution in [3.63, 3.8) is 0 Å². The number of halogens is 2. The van der Waals surface area contributed by atoms with Gasteiger partial charge in [-0.2, -0.15) is 4.39 Å². The SMILES string of the molecule is CNC(=O)/C(F)=C\N(C=O)C(C)(F)C(O)C(OC)C(C)(C)O. The molecular weight excluding hydrogens is 302 g/mol. The molecule has 0 aliphatic heterocycles. The maximum atomic E-state index is 14.8. The van der Waals surface area contributed by atoms with E-state index in [9.17, 15) is 28.6 Å². The zero-order valence-corrected chi connectivity index (χ0v) is 13.1. The number of alkyl halides is 1. The van der Waals surface area contributed by atoms with Crippen LogP contribution in [0.2, 0.25) is 0 Å². The number of hydrogen-bond acceptors (Lipinski definition) is 5. The highest BCUT2D eigenvalue weighted by Gasteiger charge is 2.48. The number of nitrogens with one attached hydrogen (secondary N) is 1. The Morgan fingerprint density at radius 1 is 1.41 bits per heavy atom. The lowest BCUT2D eigenvalue weighted by Crippen LogP contribution is -2.59. The molecular formula is C13H22F2N2O5. The van der Waals surface area contributed by atoms with Crippen LogP contribution in [-0.2, 0) is 14.3 Å². The predicted molar refractivity (Wildman–Crippen MR) is 73.8 cm³/mol. The van der Waals surface area contributed by atoms with E-state index in [2.05, 4.69) is 0 Å². The molecule has 0 aliphatic carbocycles. The summed E-state index contributed by atoms with van der Waals surface area (Å²) >= 11 is 0. The standard InChI is InChI=1S/C13H22F2N2O5/c1-12(2,21)10(22-5)9(19)13(3,15)17(7-18)6-8(14)11(20)16-4/h6-7,9-10,19,21H,1-5H3,(H,16,20)/b8-6+. The van der Waals surface area contributed by atoms with Crippen LogP contribution in [-0.4, -0.2) is 65.2 Å². The van der Waals surface area contributed by atoms with Crippen LogP contribution in [0.15, 0.2) is 12.0 Å². The molecule has 0 aromatic heterocycles. The Kier molecular flexibility index (Phi) is 7.07. The van der Waals surface area contributed by atoms with Gasteiger partial charge >= 0.3 is 0 Å². The monoisotopic (exact) mass is 324 g/mol. The van der Waals surface area contributed by atoms with Gasteiger partial charge in [-0.05, 0) is 20.8 Å². The third-order valence-electron chi connectivity index (χ3n) is 3.09. The zero-order chi connectivity index (χ0) is 17.7. The second kappa shape index (κ2) is 7.61. The van der Waals surface area contributed by atoms with Crippen molar-refractivity contribution < 1.29 is 33.3 Å². The molecule has 128 valence electrons. The van der Waals surface area contributed by atoms with Crippen LogP contribution >= 0.6 is 0 Å². The first-order chi connectivity index (χ1) is 9.93. The lowest BCUT2D eigenvalue weighted by molar-refractivity contribution is -0.191. The van der Waals surface area contributed by atoms with Gasteiger partial charge in [0.05, 0.1) is 11.8 Å². The number of ether oxygens (including phenoxy) is 1. The molecule has 3 N–H and O–H groups in total. The first-order valence-electron chi connectivity index (χ1n) is 6.38. The van der Waals surface area contributed by atoms with Crippen LogP contribution in [0.25, 0.3) is 0 Å². The van der Waals surface area contributed by atoms with E-state index in [0.29, 0.717) is 6.20 Å². The summed E-state index contributed by atoms with van der Waals surface area (Å²) in [6, 6.07) is 0. The van der Waals surface area contributed by atoms with Crippen molar-refractivity contribution in [1.82, 2.24) is 10.2 Å². The predicted octanol–water partition coefficient (Wildman–Crippen LogP) is -0.166. The quantitative estimate of drug-likeness (QED) is 0.327. The molecule has 0 aromatic rings. The van der Waals surface area contributed by atoms with Crippen LogP contribution in [0, 0.1) is 0 Å². The summed E-state index contributed by atoms with van der Waals surface area (Å²) in [5.74, 6) is -5.43. The van der Waals surface area contributed by atoms with E-state index in [1.54, 1.807) is 0 Å². The molecule has 0 bridgehead atoms. The first-order valence-corrected chi connectivity index (χ1v) is 6.38. The Bertz CT molecular complexity index is 435. The minimum absolute atomic E-state index is 0.0944. The van der Waals surface area contributed by atoms with Gasteiger partial charge in [-0.3, -0.25) is 14.5 Å². The van der Waals surface area contributed by atoms with Crippen molar-refractivity contribution in [2.45, 2.75) is 44.4 Å². The molecule has 2 amide bonds. The molecule has 0 spiro atoms. The van der Waals surface area contributed by atoms with Crippen LogP contribution < -0.4 is 5.32 Å². The van der Waals surface area contributed by atoms with Crippen molar-refractivity contribution in [2.24, 2.45) is 0 Å². The number of nitrogens with zero attached hydrogens (tertiary/aromatic N) is 1. The van der Waals surface area contributed by atoms with Crippen LogP contribution in [0.5, 0.6) is 0 Å². The van der Waals surface area contributed by atoms with Crippen molar-refractivity contribution in [3.8, 4) is 0 Å². The van der Waals surface area contributed by atoms with E-state index < -0.39 is 35.3 Å². The molecule has 0 saturated carbocycles. The molecule has 0 aliphatic rings. The van der Waals surface area contributed by atoms with Crippen molar-refractivity contribution >= 4 is 12.3 Å². The van der Waals surface area contributed by atoms with Gasteiger partial charge in [-0.1, -0.05) is 0 Å². The molecule has 0 fully saturated rings. The van der Waals surface area contributed by atoms with E-state index in [4.69, 9.17) is 4.74 Å².